The third-order valence-corrected chi connectivity index (χ3v) is 3.47. The van der Waals surface area contributed by atoms with E-state index in [1.165, 1.54) is 0 Å². The largest absolute Gasteiger partial charge is 0.393 e. The maximum Gasteiger partial charge on any atom is 0.290 e. The molecule has 0 fully saturated rings. The Bertz CT molecular complexity index is 643. The van der Waals surface area contributed by atoms with Gasteiger partial charge in [-0.2, -0.15) is 0 Å². The van der Waals surface area contributed by atoms with Gasteiger partial charge in [-0.3, -0.25) is 9.48 Å². The van der Waals surface area contributed by atoms with Gasteiger partial charge in [0.05, 0.1) is 12.2 Å². The number of nitrogens with zero attached hydrogens (tertiary/aromatic N) is 2. The molecule has 1 aromatic carbocycles. The van der Waals surface area contributed by atoms with Gasteiger partial charge >= 0.3 is 0 Å². The van der Waals surface area contributed by atoms with Crippen molar-refractivity contribution in [2.75, 3.05) is 5.73 Å². The lowest BCUT2D eigenvalue weighted by atomic mass is 10.2. The Hall–Kier alpha value is -1.68. The van der Waals surface area contributed by atoms with E-state index in [1.807, 2.05) is 42.8 Å². The molecule has 19 heavy (non-hydrogen) atoms. The van der Waals surface area contributed by atoms with Crippen molar-refractivity contribution >= 4 is 17.3 Å². The summed E-state index contributed by atoms with van der Waals surface area (Å²) in [5.74, 6) is 0. The van der Waals surface area contributed by atoms with Gasteiger partial charge in [-0.15, -0.1) is 0 Å². The molecule has 0 bridgehead atoms. The van der Waals surface area contributed by atoms with Crippen LogP contribution in [0.1, 0.15) is 25.1 Å². The van der Waals surface area contributed by atoms with Crippen molar-refractivity contribution in [2.24, 2.45) is 0 Å². The zero-order valence-electron chi connectivity index (χ0n) is 11.2. The number of anilines is 1. The average Bonchev–Trinajstić information content (AvgIpc) is 2.62. The molecule has 5 heteroatoms. The Labute approximate surface area is 117 Å². The minimum absolute atomic E-state index is 0.126. The summed E-state index contributed by atoms with van der Waals surface area (Å²) < 4.78 is 3.62. The lowest BCUT2D eigenvalue weighted by Crippen LogP contribution is -2.24. The van der Waals surface area contributed by atoms with Gasteiger partial charge in [0.2, 0.25) is 0 Å². The molecule has 0 spiro atoms. The molecule has 0 atom stereocenters. The summed E-state index contributed by atoms with van der Waals surface area (Å²) in [5, 5.41) is 0.670. The van der Waals surface area contributed by atoms with Gasteiger partial charge in [0.15, 0.2) is 0 Å². The highest BCUT2D eigenvalue weighted by Gasteiger charge is 2.15. The number of halogens is 1. The third-order valence-electron chi connectivity index (χ3n) is 3.23. The van der Waals surface area contributed by atoms with E-state index in [-0.39, 0.29) is 5.56 Å². The van der Waals surface area contributed by atoms with Crippen LogP contribution < -0.4 is 11.3 Å². The van der Waals surface area contributed by atoms with Crippen LogP contribution in [0.2, 0.25) is 5.02 Å². The van der Waals surface area contributed by atoms with E-state index in [9.17, 15) is 4.79 Å². The van der Waals surface area contributed by atoms with Gasteiger partial charge in [-0.25, -0.2) is 4.68 Å². The molecule has 0 aliphatic heterocycles. The first-order chi connectivity index (χ1) is 9.08. The van der Waals surface area contributed by atoms with E-state index in [4.69, 9.17) is 17.3 Å². The molecule has 0 unspecified atom stereocenters. The molecule has 1 heterocycles. The zero-order valence-corrected chi connectivity index (χ0v) is 11.9. The van der Waals surface area contributed by atoms with E-state index in [0.717, 1.165) is 24.2 Å². The third kappa shape index (κ3) is 2.54. The highest BCUT2D eigenvalue weighted by atomic mass is 35.5. The molecule has 2 rings (SSSR count). The van der Waals surface area contributed by atoms with Crippen LogP contribution in [-0.2, 0) is 19.5 Å². The second-order valence-electron chi connectivity index (χ2n) is 4.42. The first-order valence-electron chi connectivity index (χ1n) is 6.40. The minimum atomic E-state index is -0.126. The summed E-state index contributed by atoms with van der Waals surface area (Å²) in [7, 11) is 0. The van der Waals surface area contributed by atoms with Gasteiger partial charge in [-0.05, 0) is 31.0 Å². The van der Waals surface area contributed by atoms with E-state index < -0.39 is 0 Å². The SMILES string of the molecule is CCc1c(N)c(=O)n(Cc2cccc(Cl)c2)n1CC. The molecule has 2 aromatic rings. The van der Waals surface area contributed by atoms with Crippen LogP contribution in [-0.4, -0.2) is 9.36 Å². The normalized spacial score (nSPS) is 10.9. The predicted molar refractivity (Wildman–Crippen MR) is 78.7 cm³/mol. The summed E-state index contributed by atoms with van der Waals surface area (Å²) in [6.45, 7) is 5.21. The number of aromatic nitrogens is 2. The molecule has 0 radical (unpaired) electrons. The molecule has 0 aliphatic rings. The number of rotatable bonds is 4. The van der Waals surface area contributed by atoms with E-state index in [0.29, 0.717) is 17.3 Å². The fourth-order valence-electron chi connectivity index (χ4n) is 2.36. The Morgan fingerprint density at radius 3 is 2.58 bits per heavy atom. The van der Waals surface area contributed by atoms with Crippen LogP contribution in [0.3, 0.4) is 0 Å². The Balaban J connectivity index is 2.48. The van der Waals surface area contributed by atoms with E-state index >= 15 is 0 Å². The molecule has 0 saturated heterocycles. The van der Waals surface area contributed by atoms with Crippen molar-refractivity contribution in [3.8, 4) is 0 Å². The molecule has 2 N–H and O–H groups in total. The highest BCUT2D eigenvalue weighted by Crippen LogP contribution is 2.14. The topological polar surface area (TPSA) is 53.0 Å². The molecule has 0 amide bonds. The van der Waals surface area contributed by atoms with Gasteiger partial charge in [-0.1, -0.05) is 30.7 Å². The van der Waals surface area contributed by atoms with Gasteiger partial charge < -0.3 is 5.73 Å². The quantitative estimate of drug-likeness (QED) is 0.935. The standard InChI is InChI=1S/C14H18ClN3O/c1-3-12-13(16)14(19)18(17(12)4-2)9-10-6-5-7-11(15)8-10/h5-8H,3-4,9,16H2,1-2H3. The fraction of sp³-hybridized carbons (Fsp3) is 0.357. The van der Waals surface area contributed by atoms with Crippen molar-refractivity contribution in [3.05, 3.63) is 50.9 Å². The molecule has 0 aliphatic carbocycles. The highest BCUT2D eigenvalue weighted by molar-refractivity contribution is 6.30. The molecular formula is C14H18ClN3O. The summed E-state index contributed by atoms with van der Waals surface area (Å²) >= 11 is 5.97. The second kappa shape index (κ2) is 5.53. The first kappa shape index (κ1) is 13.7. The maximum absolute atomic E-state index is 12.2. The number of benzene rings is 1. The number of hydrogen-bond donors (Lipinski definition) is 1. The minimum Gasteiger partial charge on any atom is -0.393 e. The number of hydrogen-bond acceptors (Lipinski definition) is 2. The van der Waals surface area contributed by atoms with Crippen LogP contribution in [0.25, 0.3) is 0 Å². The van der Waals surface area contributed by atoms with E-state index in [2.05, 4.69) is 0 Å². The van der Waals surface area contributed by atoms with Crippen molar-refractivity contribution in [1.29, 1.82) is 0 Å². The zero-order chi connectivity index (χ0) is 14.0. The molecule has 1 aromatic heterocycles. The fourth-order valence-corrected chi connectivity index (χ4v) is 2.57. The van der Waals surface area contributed by atoms with Gasteiger partial charge in [0.25, 0.3) is 5.56 Å². The van der Waals surface area contributed by atoms with Crippen molar-refractivity contribution in [3.63, 3.8) is 0 Å². The number of nitrogen functional groups attached to an aromatic ring is 1. The smallest absolute Gasteiger partial charge is 0.290 e. The first-order valence-corrected chi connectivity index (χ1v) is 6.78. The van der Waals surface area contributed by atoms with Crippen LogP contribution in [0, 0.1) is 0 Å². The summed E-state index contributed by atoms with van der Waals surface area (Å²) in [6.07, 6.45) is 0.747. The molecule has 102 valence electrons. The van der Waals surface area contributed by atoms with E-state index in [1.54, 1.807) is 4.68 Å². The van der Waals surface area contributed by atoms with Crippen LogP contribution >= 0.6 is 11.6 Å². The molecule has 0 saturated carbocycles. The monoisotopic (exact) mass is 279 g/mol. The van der Waals surface area contributed by atoms with Crippen molar-refractivity contribution in [2.45, 2.75) is 33.4 Å². The van der Waals surface area contributed by atoms with Crippen LogP contribution in [0.5, 0.6) is 0 Å². The Morgan fingerprint density at radius 2 is 2.00 bits per heavy atom. The summed E-state index contributed by atoms with van der Waals surface area (Å²) in [4.78, 5) is 12.2. The summed E-state index contributed by atoms with van der Waals surface area (Å²) in [6, 6.07) is 7.51. The van der Waals surface area contributed by atoms with Gasteiger partial charge in [0, 0.05) is 11.6 Å². The summed E-state index contributed by atoms with van der Waals surface area (Å²) in [5.41, 5.74) is 8.01. The Morgan fingerprint density at radius 1 is 1.26 bits per heavy atom. The molecular weight excluding hydrogens is 262 g/mol. The molecule has 4 nitrogen and oxygen atoms in total. The average molecular weight is 280 g/mol. The van der Waals surface area contributed by atoms with Gasteiger partial charge in [0.1, 0.15) is 5.69 Å². The predicted octanol–water partition coefficient (Wildman–Crippen LogP) is 2.52. The second-order valence-corrected chi connectivity index (χ2v) is 4.86. The number of nitrogens with two attached hydrogens (primary N) is 1. The van der Waals surface area contributed by atoms with Crippen LogP contribution in [0.4, 0.5) is 5.69 Å². The van der Waals surface area contributed by atoms with Crippen molar-refractivity contribution < 1.29 is 0 Å². The lowest BCUT2D eigenvalue weighted by molar-refractivity contribution is 0.474. The maximum atomic E-state index is 12.2. The Kier molecular flexibility index (Phi) is 4.00. The lowest BCUT2D eigenvalue weighted by Gasteiger charge is -2.12. The van der Waals surface area contributed by atoms with Crippen LogP contribution in [0.15, 0.2) is 29.1 Å². The van der Waals surface area contributed by atoms with Crippen molar-refractivity contribution in [1.82, 2.24) is 9.36 Å².